The van der Waals surface area contributed by atoms with E-state index in [1.54, 1.807) is 5.06 Å². The van der Waals surface area contributed by atoms with Crippen LogP contribution in [0.15, 0.2) is 91.0 Å². The van der Waals surface area contributed by atoms with Gasteiger partial charge in [0.1, 0.15) is 0 Å². The van der Waals surface area contributed by atoms with Crippen LogP contribution in [0, 0.1) is 0 Å². The summed E-state index contributed by atoms with van der Waals surface area (Å²) >= 11 is 0. The molecule has 0 aliphatic heterocycles. The molecule has 0 aromatic heterocycles. The summed E-state index contributed by atoms with van der Waals surface area (Å²) in [7, 11) is 0. The van der Waals surface area contributed by atoms with Gasteiger partial charge in [0, 0.05) is 32.0 Å². The van der Waals surface area contributed by atoms with E-state index in [1.165, 1.54) is 23.6 Å². The molecule has 0 saturated heterocycles. The van der Waals surface area contributed by atoms with E-state index in [1.807, 2.05) is 18.2 Å². The van der Waals surface area contributed by atoms with Crippen molar-refractivity contribution in [1.82, 2.24) is 5.06 Å². The normalized spacial score (nSPS) is 11.4. The van der Waals surface area contributed by atoms with Crippen molar-refractivity contribution >= 4 is 5.97 Å². The van der Waals surface area contributed by atoms with E-state index in [4.69, 9.17) is 10.6 Å². The quantitative estimate of drug-likeness (QED) is 0.442. The van der Waals surface area contributed by atoms with Crippen molar-refractivity contribution in [3.8, 4) is 0 Å². The molecule has 0 saturated carbocycles. The van der Waals surface area contributed by atoms with Crippen LogP contribution in [-0.2, 0) is 15.0 Å². The SMILES string of the molecule is CC(=O)ON(CCN)CCC(c1ccccc1)(c1ccccc1)c1ccccc1. The summed E-state index contributed by atoms with van der Waals surface area (Å²) in [4.78, 5) is 17.0. The van der Waals surface area contributed by atoms with Crippen LogP contribution < -0.4 is 5.73 Å². The third-order valence-corrected chi connectivity index (χ3v) is 5.17. The maximum absolute atomic E-state index is 11.6. The summed E-state index contributed by atoms with van der Waals surface area (Å²) in [6.45, 7) is 2.90. The Labute approximate surface area is 172 Å². The molecular weight excluding hydrogens is 360 g/mol. The molecule has 4 nitrogen and oxygen atoms in total. The van der Waals surface area contributed by atoms with Gasteiger partial charge in [0.05, 0.1) is 0 Å². The van der Waals surface area contributed by atoms with Crippen LogP contribution in [-0.4, -0.2) is 30.7 Å². The summed E-state index contributed by atoms with van der Waals surface area (Å²) in [5.74, 6) is -0.330. The van der Waals surface area contributed by atoms with Crippen molar-refractivity contribution < 1.29 is 9.63 Å². The van der Waals surface area contributed by atoms with Crippen LogP contribution in [0.5, 0.6) is 0 Å². The first-order valence-electron chi connectivity index (χ1n) is 9.97. The number of benzene rings is 3. The van der Waals surface area contributed by atoms with Gasteiger partial charge >= 0.3 is 5.97 Å². The van der Waals surface area contributed by atoms with Crippen molar-refractivity contribution in [1.29, 1.82) is 0 Å². The smallest absolute Gasteiger partial charge is 0.322 e. The number of carbonyl (C=O) groups excluding carboxylic acids is 1. The maximum atomic E-state index is 11.6. The molecule has 0 aliphatic carbocycles. The number of nitrogens with zero attached hydrogens (tertiary/aromatic N) is 1. The Morgan fingerprint density at radius 2 is 1.21 bits per heavy atom. The number of carbonyl (C=O) groups is 1. The summed E-state index contributed by atoms with van der Waals surface area (Å²) in [5.41, 5.74) is 8.97. The van der Waals surface area contributed by atoms with E-state index in [-0.39, 0.29) is 11.4 Å². The van der Waals surface area contributed by atoms with Gasteiger partial charge in [-0.25, -0.2) is 0 Å². The van der Waals surface area contributed by atoms with Gasteiger partial charge in [-0.1, -0.05) is 91.0 Å². The molecule has 4 heteroatoms. The monoisotopic (exact) mass is 388 g/mol. The molecule has 0 unspecified atom stereocenters. The highest BCUT2D eigenvalue weighted by Gasteiger charge is 2.36. The Hall–Kier alpha value is -2.95. The van der Waals surface area contributed by atoms with Gasteiger partial charge in [-0.05, 0) is 23.1 Å². The molecule has 0 bridgehead atoms. The molecule has 29 heavy (non-hydrogen) atoms. The highest BCUT2D eigenvalue weighted by molar-refractivity contribution is 5.65. The van der Waals surface area contributed by atoms with Crippen LogP contribution in [0.4, 0.5) is 0 Å². The molecule has 150 valence electrons. The molecular formula is C25H28N2O2. The number of hydrogen-bond donors (Lipinski definition) is 1. The van der Waals surface area contributed by atoms with Gasteiger partial charge in [-0.3, -0.25) is 4.79 Å². The number of nitrogens with two attached hydrogens (primary N) is 1. The van der Waals surface area contributed by atoms with Crippen LogP contribution in [0.1, 0.15) is 30.0 Å². The van der Waals surface area contributed by atoms with Crippen LogP contribution in [0.25, 0.3) is 0 Å². The van der Waals surface area contributed by atoms with Gasteiger partial charge in [-0.15, -0.1) is 5.06 Å². The lowest BCUT2D eigenvalue weighted by Crippen LogP contribution is -2.38. The van der Waals surface area contributed by atoms with Crippen LogP contribution in [0.2, 0.25) is 0 Å². The van der Waals surface area contributed by atoms with Crippen LogP contribution in [0.3, 0.4) is 0 Å². The summed E-state index contributed by atoms with van der Waals surface area (Å²) in [6, 6.07) is 31.5. The fourth-order valence-corrected chi connectivity index (χ4v) is 3.92. The minimum absolute atomic E-state index is 0.330. The molecule has 3 rings (SSSR count). The topological polar surface area (TPSA) is 55.6 Å². The average Bonchev–Trinajstić information content (AvgIpc) is 2.76. The van der Waals surface area contributed by atoms with Crippen LogP contribution >= 0.6 is 0 Å². The van der Waals surface area contributed by atoms with Crippen molar-refractivity contribution in [2.45, 2.75) is 18.8 Å². The van der Waals surface area contributed by atoms with Gasteiger partial charge in [0.2, 0.25) is 0 Å². The molecule has 0 heterocycles. The number of hydrogen-bond acceptors (Lipinski definition) is 4. The Bertz CT molecular complexity index is 786. The van der Waals surface area contributed by atoms with Gasteiger partial charge in [0.15, 0.2) is 0 Å². The second-order valence-corrected chi connectivity index (χ2v) is 7.05. The second-order valence-electron chi connectivity index (χ2n) is 7.05. The molecule has 0 radical (unpaired) electrons. The third kappa shape index (κ3) is 4.91. The average molecular weight is 389 g/mol. The largest absolute Gasteiger partial charge is 0.368 e. The first-order chi connectivity index (χ1) is 14.2. The lowest BCUT2D eigenvalue weighted by molar-refractivity contribution is -0.187. The molecule has 0 atom stereocenters. The van der Waals surface area contributed by atoms with Crippen molar-refractivity contribution in [3.05, 3.63) is 108 Å². The minimum Gasteiger partial charge on any atom is -0.368 e. The third-order valence-electron chi connectivity index (χ3n) is 5.17. The van der Waals surface area contributed by atoms with Crippen molar-refractivity contribution in [2.75, 3.05) is 19.6 Å². The van der Waals surface area contributed by atoms with Crippen molar-refractivity contribution in [3.63, 3.8) is 0 Å². The summed E-state index contributed by atoms with van der Waals surface area (Å²) in [5, 5.41) is 1.67. The van der Waals surface area contributed by atoms with E-state index in [0.29, 0.717) is 19.6 Å². The van der Waals surface area contributed by atoms with E-state index >= 15 is 0 Å². The minimum atomic E-state index is -0.378. The Morgan fingerprint density at radius 3 is 1.55 bits per heavy atom. The maximum Gasteiger partial charge on any atom is 0.322 e. The number of hydroxylamine groups is 2. The van der Waals surface area contributed by atoms with E-state index in [9.17, 15) is 4.79 Å². The molecule has 3 aromatic rings. The zero-order chi connectivity index (χ0) is 20.5. The molecule has 0 amide bonds. The molecule has 2 N–H and O–H groups in total. The molecule has 0 fully saturated rings. The highest BCUT2D eigenvalue weighted by Crippen LogP contribution is 2.42. The highest BCUT2D eigenvalue weighted by atomic mass is 16.7. The van der Waals surface area contributed by atoms with E-state index in [0.717, 1.165) is 6.42 Å². The lowest BCUT2D eigenvalue weighted by Gasteiger charge is -2.37. The van der Waals surface area contributed by atoms with E-state index < -0.39 is 0 Å². The molecule has 0 spiro atoms. The first-order valence-corrected chi connectivity index (χ1v) is 9.97. The Morgan fingerprint density at radius 1 is 0.793 bits per heavy atom. The zero-order valence-electron chi connectivity index (χ0n) is 16.8. The Balaban J connectivity index is 2.10. The standard InChI is InChI=1S/C25H28N2O2/c1-21(28)29-27(20-18-26)19-17-25(22-11-5-2-6-12-22,23-13-7-3-8-14-23)24-15-9-4-10-16-24/h2-16H,17-20,26H2,1H3. The fraction of sp³-hybridized carbons (Fsp3) is 0.240. The summed E-state index contributed by atoms with van der Waals surface area (Å²) in [6.07, 6.45) is 0.734. The zero-order valence-corrected chi connectivity index (χ0v) is 16.8. The fourth-order valence-electron chi connectivity index (χ4n) is 3.92. The number of rotatable bonds is 9. The second kappa shape index (κ2) is 10.0. The van der Waals surface area contributed by atoms with E-state index in [2.05, 4.69) is 72.8 Å². The van der Waals surface area contributed by atoms with Gasteiger partial charge < -0.3 is 10.6 Å². The molecule has 3 aromatic carbocycles. The predicted molar refractivity (Wildman–Crippen MR) is 116 cm³/mol. The molecule has 0 aliphatic rings. The lowest BCUT2D eigenvalue weighted by atomic mass is 9.67. The first kappa shape index (κ1) is 20.8. The Kier molecular flexibility index (Phi) is 7.17. The van der Waals surface area contributed by atoms with Gasteiger partial charge in [-0.2, -0.15) is 0 Å². The predicted octanol–water partition coefficient (Wildman–Crippen LogP) is 4.15. The van der Waals surface area contributed by atoms with Crippen molar-refractivity contribution in [2.24, 2.45) is 5.73 Å². The van der Waals surface area contributed by atoms with Gasteiger partial charge in [0.25, 0.3) is 0 Å². The summed E-state index contributed by atoms with van der Waals surface area (Å²) < 4.78 is 0.